The van der Waals surface area contributed by atoms with Crippen molar-refractivity contribution in [1.29, 1.82) is 0 Å². The van der Waals surface area contributed by atoms with E-state index in [1.54, 1.807) is 6.07 Å². The van der Waals surface area contributed by atoms with Crippen LogP contribution >= 0.6 is 27.5 Å². The Morgan fingerprint density at radius 2 is 2.24 bits per heavy atom. The number of nitrogens with two attached hydrogens (primary N) is 1. The van der Waals surface area contributed by atoms with Crippen LogP contribution < -0.4 is 11.1 Å². The number of nitrogens with one attached hydrogen (secondary N) is 1. The number of nitrogens with zero attached hydrogens (tertiary/aromatic N) is 1. The molecular weight excluding hydrogens is 354 g/mol. The van der Waals surface area contributed by atoms with Crippen LogP contribution in [0.5, 0.6) is 0 Å². The molecular formula is C15H19BrClN3O. The molecule has 2 fully saturated rings. The van der Waals surface area contributed by atoms with Crippen LogP contribution in [-0.2, 0) is 4.79 Å². The fourth-order valence-electron chi connectivity index (χ4n) is 3.23. The van der Waals surface area contributed by atoms with Gasteiger partial charge in [0.1, 0.15) is 5.54 Å². The normalized spacial score (nSPS) is 29.6. The Labute approximate surface area is 138 Å². The van der Waals surface area contributed by atoms with Gasteiger partial charge in [0, 0.05) is 28.8 Å². The van der Waals surface area contributed by atoms with E-state index in [2.05, 4.69) is 33.1 Å². The molecule has 114 valence electrons. The standard InChI is InChI=1S/C15H19BrClN3O/c1-9-7-15(14(18)21,8-20(9)11-3-4-11)19-10-2-5-13(17)12(16)6-10/h2,5-6,9,11,19H,3-4,7-8H2,1H3,(H2,18,21). The van der Waals surface area contributed by atoms with Crippen LogP contribution in [0.4, 0.5) is 5.69 Å². The first kappa shape index (κ1) is 15.1. The van der Waals surface area contributed by atoms with E-state index in [4.69, 9.17) is 17.3 Å². The number of anilines is 1. The van der Waals surface area contributed by atoms with Gasteiger partial charge in [-0.25, -0.2) is 0 Å². The Bertz CT molecular complexity index is 578. The van der Waals surface area contributed by atoms with Gasteiger partial charge in [-0.2, -0.15) is 0 Å². The summed E-state index contributed by atoms with van der Waals surface area (Å²) in [6.45, 7) is 2.84. The molecule has 1 aliphatic heterocycles. The van der Waals surface area contributed by atoms with Gasteiger partial charge in [-0.1, -0.05) is 11.6 Å². The first-order chi connectivity index (χ1) is 9.91. The third kappa shape index (κ3) is 2.91. The lowest BCUT2D eigenvalue weighted by Gasteiger charge is -2.28. The lowest BCUT2D eigenvalue weighted by molar-refractivity contribution is -0.121. The van der Waals surface area contributed by atoms with Gasteiger partial charge >= 0.3 is 0 Å². The molecule has 0 bridgehead atoms. The number of amides is 1. The number of likely N-dealkylation sites (tertiary alicyclic amines) is 1. The molecule has 1 saturated heterocycles. The molecule has 1 amide bonds. The highest BCUT2D eigenvalue weighted by Gasteiger charge is 2.50. The molecule has 1 saturated carbocycles. The van der Waals surface area contributed by atoms with E-state index in [1.165, 1.54) is 12.8 Å². The number of primary amides is 1. The molecule has 2 atom stereocenters. The van der Waals surface area contributed by atoms with Crippen molar-refractivity contribution in [2.24, 2.45) is 5.73 Å². The Hall–Kier alpha value is -0.780. The second-order valence-corrected chi connectivity index (χ2v) is 7.42. The molecule has 1 heterocycles. The van der Waals surface area contributed by atoms with Gasteiger partial charge in [-0.15, -0.1) is 0 Å². The third-order valence-corrected chi connectivity index (χ3v) is 5.67. The number of carbonyl (C=O) groups is 1. The van der Waals surface area contributed by atoms with Crippen molar-refractivity contribution in [2.75, 3.05) is 11.9 Å². The fourth-order valence-corrected chi connectivity index (χ4v) is 3.73. The number of hydrogen-bond acceptors (Lipinski definition) is 3. The fraction of sp³-hybridized carbons (Fsp3) is 0.533. The molecule has 3 N–H and O–H groups in total. The van der Waals surface area contributed by atoms with E-state index in [0.29, 0.717) is 23.7 Å². The molecule has 2 aliphatic rings. The molecule has 0 aromatic heterocycles. The number of rotatable bonds is 4. The molecule has 0 spiro atoms. The predicted octanol–water partition coefficient (Wildman–Crippen LogP) is 3.00. The average Bonchev–Trinajstić information content (AvgIpc) is 3.19. The first-order valence-corrected chi connectivity index (χ1v) is 8.37. The smallest absolute Gasteiger partial charge is 0.244 e. The van der Waals surface area contributed by atoms with E-state index in [-0.39, 0.29) is 5.91 Å². The highest BCUT2D eigenvalue weighted by molar-refractivity contribution is 9.10. The van der Waals surface area contributed by atoms with Gasteiger partial charge in [0.15, 0.2) is 0 Å². The van der Waals surface area contributed by atoms with Gasteiger partial charge in [0.2, 0.25) is 5.91 Å². The van der Waals surface area contributed by atoms with Crippen LogP contribution in [-0.4, -0.2) is 35.0 Å². The van der Waals surface area contributed by atoms with Crippen molar-refractivity contribution < 1.29 is 4.79 Å². The van der Waals surface area contributed by atoms with Crippen molar-refractivity contribution >= 4 is 39.1 Å². The summed E-state index contributed by atoms with van der Waals surface area (Å²) in [5.41, 5.74) is 5.88. The Kier molecular flexibility index (Phi) is 3.93. The van der Waals surface area contributed by atoms with Crippen molar-refractivity contribution in [3.8, 4) is 0 Å². The van der Waals surface area contributed by atoms with Crippen molar-refractivity contribution in [1.82, 2.24) is 4.90 Å². The van der Waals surface area contributed by atoms with Crippen LogP contribution in [0.1, 0.15) is 26.2 Å². The van der Waals surface area contributed by atoms with Crippen LogP contribution in [0.25, 0.3) is 0 Å². The molecule has 3 rings (SSSR count). The van der Waals surface area contributed by atoms with Crippen molar-refractivity contribution in [2.45, 2.75) is 43.8 Å². The third-order valence-electron chi connectivity index (χ3n) is 4.45. The lowest BCUT2D eigenvalue weighted by Crippen LogP contribution is -2.52. The Morgan fingerprint density at radius 1 is 1.52 bits per heavy atom. The Balaban J connectivity index is 1.84. The van der Waals surface area contributed by atoms with Crippen LogP contribution in [0.2, 0.25) is 5.02 Å². The summed E-state index contributed by atoms with van der Waals surface area (Å²) in [6, 6.07) is 6.56. The van der Waals surface area contributed by atoms with Crippen molar-refractivity contribution in [3.05, 3.63) is 27.7 Å². The second kappa shape index (κ2) is 5.45. The van der Waals surface area contributed by atoms with Crippen LogP contribution in [0, 0.1) is 0 Å². The maximum Gasteiger partial charge on any atom is 0.244 e. The molecule has 1 aliphatic carbocycles. The monoisotopic (exact) mass is 371 g/mol. The zero-order valence-electron chi connectivity index (χ0n) is 11.9. The van der Waals surface area contributed by atoms with Crippen LogP contribution in [0.3, 0.4) is 0 Å². The van der Waals surface area contributed by atoms with Gasteiger partial charge in [0.25, 0.3) is 0 Å². The molecule has 1 aromatic rings. The summed E-state index contributed by atoms with van der Waals surface area (Å²) in [5, 5.41) is 4.01. The quantitative estimate of drug-likeness (QED) is 0.854. The second-order valence-electron chi connectivity index (χ2n) is 6.16. The maximum absolute atomic E-state index is 12.1. The lowest BCUT2D eigenvalue weighted by atomic mass is 9.95. The van der Waals surface area contributed by atoms with E-state index in [1.807, 2.05) is 12.1 Å². The average molecular weight is 373 g/mol. The molecule has 1 aromatic carbocycles. The minimum Gasteiger partial charge on any atom is -0.370 e. The number of halogens is 2. The minimum absolute atomic E-state index is 0.288. The zero-order valence-corrected chi connectivity index (χ0v) is 14.2. The Morgan fingerprint density at radius 3 is 2.81 bits per heavy atom. The SMILES string of the molecule is CC1CC(Nc2ccc(Cl)c(Br)c2)(C(N)=O)CN1C1CC1. The maximum atomic E-state index is 12.1. The van der Waals surface area contributed by atoms with Gasteiger partial charge in [-0.05, 0) is 60.3 Å². The highest BCUT2D eigenvalue weighted by atomic mass is 79.9. The minimum atomic E-state index is -0.699. The van der Waals surface area contributed by atoms with Gasteiger partial charge in [-0.3, -0.25) is 9.69 Å². The summed E-state index contributed by atoms with van der Waals surface area (Å²) < 4.78 is 0.805. The molecule has 6 heteroatoms. The number of benzene rings is 1. The summed E-state index contributed by atoms with van der Waals surface area (Å²) >= 11 is 9.42. The summed E-state index contributed by atoms with van der Waals surface area (Å²) in [6.07, 6.45) is 3.19. The first-order valence-electron chi connectivity index (χ1n) is 7.20. The van der Waals surface area contributed by atoms with E-state index >= 15 is 0 Å². The zero-order chi connectivity index (χ0) is 15.2. The highest BCUT2D eigenvalue weighted by Crippen LogP contribution is 2.39. The summed E-state index contributed by atoms with van der Waals surface area (Å²) in [5.74, 6) is -0.288. The predicted molar refractivity (Wildman–Crippen MR) is 88.5 cm³/mol. The summed E-state index contributed by atoms with van der Waals surface area (Å²) in [7, 11) is 0. The number of hydrogen-bond donors (Lipinski definition) is 2. The summed E-state index contributed by atoms with van der Waals surface area (Å²) in [4.78, 5) is 14.5. The topological polar surface area (TPSA) is 58.4 Å². The van der Waals surface area contributed by atoms with E-state index in [0.717, 1.165) is 16.6 Å². The van der Waals surface area contributed by atoms with Gasteiger partial charge in [0.05, 0.1) is 5.02 Å². The van der Waals surface area contributed by atoms with Gasteiger partial charge < -0.3 is 11.1 Å². The number of carbonyl (C=O) groups excluding carboxylic acids is 1. The molecule has 2 unspecified atom stereocenters. The van der Waals surface area contributed by atoms with Crippen LogP contribution in [0.15, 0.2) is 22.7 Å². The molecule has 4 nitrogen and oxygen atoms in total. The molecule has 21 heavy (non-hydrogen) atoms. The van der Waals surface area contributed by atoms with E-state index in [9.17, 15) is 4.79 Å². The van der Waals surface area contributed by atoms with E-state index < -0.39 is 5.54 Å². The molecule has 0 radical (unpaired) electrons. The largest absolute Gasteiger partial charge is 0.370 e. The van der Waals surface area contributed by atoms with Crippen molar-refractivity contribution in [3.63, 3.8) is 0 Å².